The van der Waals surface area contributed by atoms with Gasteiger partial charge in [0.2, 0.25) is 0 Å². The van der Waals surface area contributed by atoms with Crippen molar-refractivity contribution in [3.05, 3.63) is 106 Å². The molecule has 0 radical (unpaired) electrons. The van der Waals surface area contributed by atoms with Crippen molar-refractivity contribution >= 4 is 16.8 Å². The molecule has 0 aliphatic carbocycles. The van der Waals surface area contributed by atoms with Gasteiger partial charge in [0.05, 0.1) is 5.39 Å². The Bertz CT molecular complexity index is 1120. The minimum absolute atomic E-state index is 0.105. The number of fused-ring (bicyclic) bond motifs is 1. The Morgan fingerprint density at radius 2 is 1.44 bits per heavy atom. The number of rotatable bonds is 3. The van der Waals surface area contributed by atoms with E-state index in [-0.39, 0.29) is 11.2 Å². The Hall–Kier alpha value is -3.46. The summed E-state index contributed by atoms with van der Waals surface area (Å²) in [7, 11) is 0. The first-order chi connectivity index (χ1) is 12.2. The summed E-state index contributed by atoms with van der Waals surface area (Å²) in [6.45, 7) is 0. The molecule has 0 amide bonds. The molecule has 0 aliphatic heterocycles. The summed E-state index contributed by atoms with van der Waals surface area (Å²) in [6.07, 6.45) is 0. The van der Waals surface area contributed by atoms with Crippen LogP contribution in [-0.2, 0) is 0 Å². The zero-order valence-electron chi connectivity index (χ0n) is 13.3. The van der Waals surface area contributed by atoms with Gasteiger partial charge in [-0.25, -0.2) is 0 Å². The van der Waals surface area contributed by atoms with Crippen LogP contribution in [-0.4, -0.2) is 5.78 Å². The van der Waals surface area contributed by atoms with Crippen molar-refractivity contribution in [3.63, 3.8) is 0 Å². The van der Waals surface area contributed by atoms with E-state index in [2.05, 4.69) is 0 Å². The first-order valence-electron chi connectivity index (χ1n) is 7.96. The molecule has 0 aliphatic rings. The first-order valence-corrected chi connectivity index (χ1v) is 7.96. The van der Waals surface area contributed by atoms with Crippen molar-refractivity contribution in [2.24, 2.45) is 0 Å². The molecular weight excluding hydrogens is 312 g/mol. The number of hydrogen-bond acceptors (Lipinski definition) is 3. The predicted octanol–water partition coefficient (Wildman–Crippen LogP) is 4.69. The lowest BCUT2D eigenvalue weighted by atomic mass is 9.96. The molecular formula is C22H14O3. The van der Waals surface area contributed by atoms with Gasteiger partial charge < -0.3 is 4.42 Å². The van der Waals surface area contributed by atoms with E-state index in [0.717, 1.165) is 0 Å². The molecule has 0 saturated carbocycles. The number of carbonyl (C=O) groups is 1. The highest BCUT2D eigenvalue weighted by atomic mass is 16.3. The molecule has 3 aromatic carbocycles. The Morgan fingerprint density at radius 3 is 2.28 bits per heavy atom. The fraction of sp³-hybridized carbons (Fsp3) is 0. The van der Waals surface area contributed by atoms with Crippen LogP contribution in [0.25, 0.3) is 22.3 Å². The molecule has 120 valence electrons. The molecule has 0 N–H and O–H groups in total. The number of carbonyl (C=O) groups excluding carboxylic acids is 1. The largest absolute Gasteiger partial charge is 0.456 e. The molecule has 0 unspecified atom stereocenters. The summed E-state index contributed by atoms with van der Waals surface area (Å²) in [5.74, 6) is 0.288. The summed E-state index contributed by atoms with van der Waals surface area (Å²) < 4.78 is 5.90. The number of para-hydroxylation sites is 1. The maximum absolute atomic E-state index is 12.9. The lowest BCUT2D eigenvalue weighted by Gasteiger charge is -2.09. The molecule has 3 heteroatoms. The monoisotopic (exact) mass is 326 g/mol. The van der Waals surface area contributed by atoms with Gasteiger partial charge in [-0.1, -0.05) is 66.7 Å². The zero-order chi connectivity index (χ0) is 17.2. The second-order valence-electron chi connectivity index (χ2n) is 5.71. The lowest BCUT2D eigenvalue weighted by Crippen LogP contribution is -2.05. The van der Waals surface area contributed by atoms with E-state index < -0.39 is 0 Å². The van der Waals surface area contributed by atoms with E-state index in [9.17, 15) is 9.59 Å². The number of hydrogen-bond donors (Lipinski definition) is 0. The molecule has 4 rings (SSSR count). The second-order valence-corrected chi connectivity index (χ2v) is 5.71. The molecule has 25 heavy (non-hydrogen) atoms. The normalized spacial score (nSPS) is 10.7. The summed E-state index contributed by atoms with van der Waals surface area (Å²) in [4.78, 5) is 25.2. The maximum atomic E-state index is 12.9. The van der Waals surface area contributed by atoms with E-state index in [1.165, 1.54) is 6.07 Å². The van der Waals surface area contributed by atoms with Gasteiger partial charge >= 0.3 is 0 Å². The van der Waals surface area contributed by atoms with Gasteiger partial charge in [-0.2, -0.15) is 0 Å². The summed E-state index contributed by atoms with van der Waals surface area (Å²) in [6, 6.07) is 24.8. The average Bonchev–Trinajstić information content (AvgIpc) is 2.68. The van der Waals surface area contributed by atoms with Crippen LogP contribution in [0, 0.1) is 0 Å². The van der Waals surface area contributed by atoms with Gasteiger partial charge in [0, 0.05) is 22.8 Å². The Balaban J connectivity index is 1.90. The molecule has 0 spiro atoms. The Morgan fingerprint density at radius 1 is 0.760 bits per heavy atom. The van der Waals surface area contributed by atoms with E-state index >= 15 is 0 Å². The van der Waals surface area contributed by atoms with Gasteiger partial charge in [0.25, 0.3) is 0 Å². The van der Waals surface area contributed by atoms with Crippen LogP contribution in [0.3, 0.4) is 0 Å². The van der Waals surface area contributed by atoms with E-state index in [4.69, 9.17) is 4.42 Å². The summed E-state index contributed by atoms with van der Waals surface area (Å²) in [5.41, 5.74) is 2.09. The van der Waals surface area contributed by atoms with Crippen LogP contribution < -0.4 is 5.43 Å². The van der Waals surface area contributed by atoms with E-state index in [0.29, 0.717) is 33.4 Å². The molecule has 0 fully saturated rings. The molecule has 1 aromatic heterocycles. The van der Waals surface area contributed by atoms with Gasteiger partial charge in [-0.05, 0) is 12.1 Å². The minimum Gasteiger partial charge on any atom is -0.456 e. The smallest absolute Gasteiger partial charge is 0.193 e. The van der Waals surface area contributed by atoms with Crippen molar-refractivity contribution in [3.8, 4) is 11.3 Å². The molecule has 0 saturated heterocycles. The highest BCUT2D eigenvalue weighted by Gasteiger charge is 2.16. The first kappa shape index (κ1) is 15.1. The van der Waals surface area contributed by atoms with Gasteiger partial charge in [0.15, 0.2) is 11.2 Å². The van der Waals surface area contributed by atoms with Crippen LogP contribution in [0.2, 0.25) is 0 Å². The van der Waals surface area contributed by atoms with Crippen molar-refractivity contribution in [2.75, 3.05) is 0 Å². The molecule has 0 bridgehead atoms. The van der Waals surface area contributed by atoms with Gasteiger partial charge in [-0.3, -0.25) is 9.59 Å². The van der Waals surface area contributed by atoms with Crippen molar-refractivity contribution < 1.29 is 9.21 Å². The fourth-order valence-corrected chi connectivity index (χ4v) is 2.88. The summed E-state index contributed by atoms with van der Waals surface area (Å²) >= 11 is 0. The molecule has 3 nitrogen and oxygen atoms in total. The van der Waals surface area contributed by atoms with Crippen LogP contribution >= 0.6 is 0 Å². The Kier molecular flexibility index (Phi) is 3.75. The number of benzene rings is 3. The topological polar surface area (TPSA) is 47.3 Å². The highest BCUT2D eigenvalue weighted by molar-refractivity contribution is 6.12. The second kappa shape index (κ2) is 6.21. The fourth-order valence-electron chi connectivity index (χ4n) is 2.88. The molecule has 4 aromatic rings. The standard InChI is InChI=1S/C22H14O3/c23-19-14-21(25-20-13-7-6-12-18(19)20)16-10-4-5-11-17(16)22(24)15-8-2-1-3-9-15/h1-14H. The van der Waals surface area contributed by atoms with Gasteiger partial charge in [0.1, 0.15) is 11.3 Å². The zero-order valence-corrected chi connectivity index (χ0v) is 13.3. The predicted molar refractivity (Wildman–Crippen MR) is 97.8 cm³/mol. The van der Waals surface area contributed by atoms with Crippen LogP contribution in [0.5, 0.6) is 0 Å². The number of ketones is 1. The SMILES string of the molecule is O=C(c1ccccc1)c1ccccc1-c1cc(=O)c2ccccc2o1. The van der Waals surface area contributed by atoms with Gasteiger partial charge in [-0.15, -0.1) is 0 Å². The van der Waals surface area contributed by atoms with Crippen LogP contribution in [0.1, 0.15) is 15.9 Å². The Labute approximate surface area is 144 Å². The van der Waals surface area contributed by atoms with Crippen LogP contribution in [0.4, 0.5) is 0 Å². The van der Waals surface area contributed by atoms with Crippen molar-refractivity contribution in [1.29, 1.82) is 0 Å². The summed E-state index contributed by atoms with van der Waals surface area (Å²) in [5, 5.41) is 0.526. The quantitative estimate of drug-likeness (QED) is 0.513. The maximum Gasteiger partial charge on any atom is 0.193 e. The third-order valence-electron chi connectivity index (χ3n) is 4.11. The van der Waals surface area contributed by atoms with Crippen LogP contribution in [0.15, 0.2) is 94.1 Å². The van der Waals surface area contributed by atoms with Crippen molar-refractivity contribution in [1.82, 2.24) is 0 Å². The third-order valence-corrected chi connectivity index (χ3v) is 4.11. The minimum atomic E-state index is -0.126. The molecule has 0 atom stereocenters. The lowest BCUT2D eigenvalue weighted by molar-refractivity contribution is 0.103. The molecule has 1 heterocycles. The van der Waals surface area contributed by atoms with E-state index in [1.807, 2.05) is 30.3 Å². The third kappa shape index (κ3) is 2.76. The average molecular weight is 326 g/mol. The highest BCUT2D eigenvalue weighted by Crippen LogP contribution is 2.27. The van der Waals surface area contributed by atoms with Crippen molar-refractivity contribution in [2.45, 2.75) is 0 Å². The van der Waals surface area contributed by atoms with E-state index in [1.54, 1.807) is 48.5 Å².